The minimum Gasteiger partial charge on any atom is -0.497 e. The maximum Gasteiger partial charge on any atom is 0.322 e. The molecule has 194 valence electrons. The van der Waals surface area contributed by atoms with Gasteiger partial charge in [-0.2, -0.15) is 0 Å². The van der Waals surface area contributed by atoms with Gasteiger partial charge in [-0.1, -0.05) is 0 Å². The highest BCUT2D eigenvalue weighted by atomic mass is 16.5. The number of nitrogens with zero attached hydrogens (tertiary/aromatic N) is 3. The highest BCUT2D eigenvalue weighted by Gasteiger charge is 2.24. The topological polar surface area (TPSA) is 98.4 Å². The molecule has 0 aliphatic heterocycles. The van der Waals surface area contributed by atoms with E-state index >= 15 is 0 Å². The third kappa shape index (κ3) is 7.29. The SMILES string of the molecule is COCCCN(CC(=O)N(Cc1ccco1)Cc1cccn1C)C(=O)Nc1ccc(OC)cc1OC. The molecule has 2 heterocycles. The summed E-state index contributed by atoms with van der Waals surface area (Å²) >= 11 is 0. The Morgan fingerprint density at radius 3 is 2.50 bits per heavy atom. The van der Waals surface area contributed by atoms with E-state index in [0.29, 0.717) is 49.1 Å². The molecular formula is C26H34N4O6. The number of ether oxygens (including phenoxy) is 3. The second kappa shape index (κ2) is 13.2. The zero-order valence-electron chi connectivity index (χ0n) is 21.2. The maximum absolute atomic E-state index is 13.5. The standard InChI is InChI=1S/C26H34N4O6/c1-28-12-5-8-20(28)17-30(18-22-9-6-15-36-22)25(31)19-29(13-7-14-33-2)26(32)27-23-11-10-21(34-3)16-24(23)35-4/h5-6,8-12,15-16H,7,13-14,17-19H2,1-4H3,(H,27,32). The summed E-state index contributed by atoms with van der Waals surface area (Å²) in [6.45, 7) is 1.35. The highest BCUT2D eigenvalue weighted by molar-refractivity contribution is 5.93. The third-order valence-corrected chi connectivity index (χ3v) is 5.72. The molecule has 2 aromatic heterocycles. The summed E-state index contributed by atoms with van der Waals surface area (Å²) in [4.78, 5) is 29.9. The zero-order valence-corrected chi connectivity index (χ0v) is 21.2. The van der Waals surface area contributed by atoms with Gasteiger partial charge in [0.2, 0.25) is 5.91 Å². The van der Waals surface area contributed by atoms with Crippen LogP contribution < -0.4 is 14.8 Å². The number of aromatic nitrogens is 1. The van der Waals surface area contributed by atoms with Gasteiger partial charge in [-0.05, 0) is 42.8 Å². The smallest absolute Gasteiger partial charge is 0.322 e. The van der Waals surface area contributed by atoms with Gasteiger partial charge in [0.25, 0.3) is 0 Å². The molecule has 0 saturated heterocycles. The van der Waals surface area contributed by atoms with E-state index in [2.05, 4.69) is 5.32 Å². The average Bonchev–Trinajstić information content (AvgIpc) is 3.54. The van der Waals surface area contributed by atoms with Crippen LogP contribution >= 0.6 is 0 Å². The van der Waals surface area contributed by atoms with Crippen LogP contribution in [-0.2, 0) is 29.7 Å². The minimum absolute atomic E-state index is 0.112. The van der Waals surface area contributed by atoms with Crippen LogP contribution in [-0.4, -0.2) is 67.3 Å². The number of carbonyl (C=O) groups excluding carboxylic acids is 2. The van der Waals surface area contributed by atoms with Gasteiger partial charge in [-0.15, -0.1) is 0 Å². The molecule has 1 aromatic carbocycles. The minimum atomic E-state index is -0.417. The molecule has 10 heteroatoms. The average molecular weight is 499 g/mol. The van der Waals surface area contributed by atoms with Crippen molar-refractivity contribution in [3.05, 3.63) is 66.4 Å². The summed E-state index contributed by atoms with van der Waals surface area (Å²) in [6, 6.07) is 12.2. The number of carbonyl (C=O) groups is 2. The number of furan rings is 1. The first kappa shape index (κ1) is 26.7. The number of urea groups is 1. The molecular weight excluding hydrogens is 464 g/mol. The van der Waals surface area contributed by atoms with Crippen LogP contribution in [0.4, 0.5) is 10.5 Å². The van der Waals surface area contributed by atoms with Crippen molar-refractivity contribution in [1.82, 2.24) is 14.4 Å². The number of aryl methyl sites for hydroxylation is 1. The number of hydrogen-bond donors (Lipinski definition) is 1. The maximum atomic E-state index is 13.5. The lowest BCUT2D eigenvalue weighted by atomic mass is 10.2. The first-order valence-electron chi connectivity index (χ1n) is 11.6. The fraction of sp³-hybridized carbons (Fsp3) is 0.385. The highest BCUT2D eigenvalue weighted by Crippen LogP contribution is 2.29. The number of rotatable bonds is 13. The number of hydrogen-bond acceptors (Lipinski definition) is 6. The normalized spacial score (nSPS) is 10.7. The van der Waals surface area contributed by atoms with Gasteiger partial charge in [0.15, 0.2) is 0 Å². The number of amides is 3. The Morgan fingerprint density at radius 2 is 1.86 bits per heavy atom. The molecule has 36 heavy (non-hydrogen) atoms. The largest absolute Gasteiger partial charge is 0.497 e. The Bertz CT molecular complexity index is 1110. The second-order valence-electron chi connectivity index (χ2n) is 8.20. The summed E-state index contributed by atoms with van der Waals surface area (Å²) in [5, 5.41) is 2.86. The summed E-state index contributed by atoms with van der Waals surface area (Å²) in [5.74, 6) is 1.51. The van der Waals surface area contributed by atoms with Crippen molar-refractivity contribution in [2.75, 3.05) is 46.3 Å². The molecule has 0 atom stereocenters. The van der Waals surface area contributed by atoms with Gasteiger partial charge >= 0.3 is 6.03 Å². The van der Waals surface area contributed by atoms with E-state index in [1.54, 1.807) is 49.6 Å². The third-order valence-electron chi connectivity index (χ3n) is 5.72. The molecule has 10 nitrogen and oxygen atoms in total. The number of nitrogens with one attached hydrogen (secondary N) is 1. The van der Waals surface area contributed by atoms with Gasteiger partial charge in [-0.3, -0.25) is 4.79 Å². The van der Waals surface area contributed by atoms with E-state index in [9.17, 15) is 9.59 Å². The van der Waals surface area contributed by atoms with Gasteiger partial charge < -0.3 is 38.3 Å². The molecule has 0 bridgehead atoms. The van der Waals surface area contributed by atoms with E-state index in [1.807, 2.05) is 36.0 Å². The Labute approximate surface area is 211 Å². The van der Waals surface area contributed by atoms with Crippen molar-refractivity contribution in [3.63, 3.8) is 0 Å². The number of benzene rings is 1. The molecule has 0 saturated carbocycles. The molecule has 0 spiro atoms. The van der Waals surface area contributed by atoms with Gasteiger partial charge in [0.05, 0.1) is 39.3 Å². The van der Waals surface area contributed by atoms with Crippen LogP contribution in [0, 0.1) is 0 Å². The molecule has 0 fully saturated rings. The fourth-order valence-corrected chi connectivity index (χ4v) is 3.69. The quantitative estimate of drug-likeness (QED) is 0.361. The first-order chi connectivity index (χ1) is 17.4. The molecule has 3 amide bonds. The molecule has 0 aliphatic rings. The molecule has 0 unspecified atom stereocenters. The van der Waals surface area contributed by atoms with E-state index in [1.165, 1.54) is 12.0 Å². The van der Waals surface area contributed by atoms with Gasteiger partial charge in [0.1, 0.15) is 23.8 Å². The van der Waals surface area contributed by atoms with Crippen LogP contribution in [0.3, 0.4) is 0 Å². The monoisotopic (exact) mass is 498 g/mol. The van der Waals surface area contributed by atoms with Crippen LogP contribution in [0.5, 0.6) is 11.5 Å². The molecule has 1 N–H and O–H groups in total. The van der Waals surface area contributed by atoms with E-state index < -0.39 is 6.03 Å². The number of methoxy groups -OCH3 is 3. The van der Waals surface area contributed by atoms with Crippen molar-refractivity contribution in [1.29, 1.82) is 0 Å². The number of anilines is 1. The van der Waals surface area contributed by atoms with E-state index in [-0.39, 0.29) is 19.0 Å². The second-order valence-corrected chi connectivity index (χ2v) is 8.20. The predicted octanol–water partition coefficient (Wildman–Crippen LogP) is 3.73. The molecule has 3 rings (SSSR count). The lowest BCUT2D eigenvalue weighted by molar-refractivity contribution is -0.133. The van der Waals surface area contributed by atoms with E-state index in [4.69, 9.17) is 18.6 Å². The zero-order chi connectivity index (χ0) is 25.9. The van der Waals surface area contributed by atoms with Crippen molar-refractivity contribution < 1.29 is 28.2 Å². The van der Waals surface area contributed by atoms with Crippen LogP contribution in [0.1, 0.15) is 17.9 Å². The van der Waals surface area contributed by atoms with Gasteiger partial charge in [-0.25, -0.2) is 4.79 Å². The molecule has 0 aliphatic carbocycles. The molecule has 0 radical (unpaired) electrons. The summed E-state index contributed by atoms with van der Waals surface area (Å²) in [5.41, 5.74) is 1.44. The Kier molecular flexibility index (Phi) is 9.82. The van der Waals surface area contributed by atoms with Crippen LogP contribution in [0.25, 0.3) is 0 Å². The van der Waals surface area contributed by atoms with Crippen molar-refractivity contribution in [2.45, 2.75) is 19.5 Å². The van der Waals surface area contributed by atoms with Gasteiger partial charge in [0, 0.05) is 45.3 Å². The Balaban J connectivity index is 1.77. The summed E-state index contributed by atoms with van der Waals surface area (Å²) in [6.07, 6.45) is 4.08. The Morgan fingerprint density at radius 1 is 1.03 bits per heavy atom. The summed E-state index contributed by atoms with van der Waals surface area (Å²) in [7, 11) is 6.60. The predicted molar refractivity (Wildman–Crippen MR) is 135 cm³/mol. The fourth-order valence-electron chi connectivity index (χ4n) is 3.69. The Hall–Kier alpha value is -3.92. The van der Waals surface area contributed by atoms with Crippen molar-refractivity contribution in [2.24, 2.45) is 7.05 Å². The lowest BCUT2D eigenvalue weighted by Crippen LogP contribution is -2.44. The van der Waals surface area contributed by atoms with E-state index in [0.717, 1.165) is 5.69 Å². The molecule has 3 aromatic rings. The van der Waals surface area contributed by atoms with Crippen LogP contribution in [0.2, 0.25) is 0 Å². The summed E-state index contributed by atoms with van der Waals surface area (Å²) < 4.78 is 23.2. The van der Waals surface area contributed by atoms with Crippen LogP contribution in [0.15, 0.2) is 59.3 Å². The van der Waals surface area contributed by atoms with Crippen molar-refractivity contribution >= 4 is 17.6 Å². The first-order valence-corrected chi connectivity index (χ1v) is 11.6. The van der Waals surface area contributed by atoms with Crippen molar-refractivity contribution in [3.8, 4) is 11.5 Å². The lowest BCUT2D eigenvalue weighted by Gasteiger charge is -2.28.